The molecule has 1 aliphatic rings. The van der Waals surface area contributed by atoms with Crippen molar-refractivity contribution in [3.8, 4) is 0 Å². The van der Waals surface area contributed by atoms with Crippen molar-refractivity contribution in [1.82, 2.24) is 0 Å². The van der Waals surface area contributed by atoms with E-state index in [4.69, 9.17) is 13.7 Å². The van der Waals surface area contributed by atoms with Gasteiger partial charge in [0.15, 0.2) is 0 Å². The molecular formula is C26H23BO3. The monoisotopic (exact) mass is 394 g/mol. The maximum absolute atomic E-state index is 6.47. The standard InChI is InChI=1S/C26H23BO3/c1-25(2)26(3,4)30-27(29-25)20-14-9-15-21-23(20)22-18-12-7-5-10-16(18)17-11-6-8-13-19(17)24(22)28-21/h5-15H,1-4H3. The van der Waals surface area contributed by atoms with Crippen molar-refractivity contribution in [3.05, 3.63) is 66.7 Å². The van der Waals surface area contributed by atoms with Crippen LogP contribution in [-0.4, -0.2) is 18.3 Å². The molecule has 0 bridgehead atoms. The largest absolute Gasteiger partial charge is 0.495 e. The summed E-state index contributed by atoms with van der Waals surface area (Å²) in [5.41, 5.74) is 2.01. The summed E-state index contributed by atoms with van der Waals surface area (Å²) in [7, 11) is -0.440. The van der Waals surface area contributed by atoms with Crippen LogP contribution in [0.3, 0.4) is 0 Å². The lowest BCUT2D eigenvalue weighted by molar-refractivity contribution is 0.00578. The van der Waals surface area contributed by atoms with E-state index in [9.17, 15) is 0 Å². The van der Waals surface area contributed by atoms with E-state index in [1.807, 2.05) is 12.1 Å². The summed E-state index contributed by atoms with van der Waals surface area (Å²) in [5, 5.41) is 6.96. The number of furan rings is 1. The molecule has 0 unspecified atom stereocenters. The topological polar surface area (TPSA) is 31.6 Å². The van der Waals surface area contributed by atoms with Crippen LogP contribution in [0.1, 0.15) is 27.7 Å². The van der Waals surface area contributed by atoms with Crippen molar-refractivity contribution in [2.75, 3.05) is 0 Å². The summed E-state index contributed by atoms with van der Waals surface area (Å²) >= 11 is 0. The predicted octanol–water partition coefficient (Wildman–Crippen LogP) is 6.19. The van der Waals surface area contributed by atoms with Gasteiger partial charge in [0.05, 0.1) is 11.2 Å². The average Bonchev–Trinajstić information content (AvgIpc) is 3.22. The molecule has 0 saturated carbocycles. The molecule has 3 nitrogen and oxygen atoms in total. The van der Waals surface area contributed by atoms with Crippen LogP contribution in [0.25, 0.3) is 43.5 Å². The molecule has 1 aromatic heterocycles. The number of benzene rings is 4. The van der Waals surface area contributed by atoms with Crippen molar-refractivity contribution in [2.24, 2.45) is 0 Å². The minimum Gasteiger partial charge on any atom is -0.455 e. The van der Waals surface area contributed by atoms with Gasteiger partial charge in [0.2, 0.25) is 0 Å². The zero-order valence-corrected chi connectivity index (χ0v) is 17.7. The first-order valence-electron chi connectivity index (χ1n) is 10.5. The number of fused-ring (bicyclic) bond motifs is 8. The van der Waals surface area contributed by atoms with Gasteiger partial charge >= 0.3 is 7.12 Å². The normalized spacial score (nSPS) is 18.2. The van der Waals surface area contributed by atoms with E-state index in [0.717, 1.165) is 32.8 Å². The molecule has 1 fully saturated rings. The van der Waals surface area contributed by atoms with Gasteiger partial charge in [0, 0.05) is 16.2 Å². The highest BCUT2D eigenvalue weighted by Gasteiger charge is 2.52. The Bertz CT molecular complexity index is 1450. The molecule has 5 aromatic rings. The predicted molar refractivity (Wildman–Crippen MR) is 124 cm³/mol. The van der Waals surface area contributed by atoms with Crippen LogP contribution in [0, 0.1) is 0 Å². The number of rotatable bonds is 1. The summed E-state index contributed by atoms with van der Waals surface area (Å²) in [6.45, 7) is 8.35. The van der Waals surface area contributed by atoms with Crippen LogP contribution < -0.4 is 5.46 Å². The van der Waals surface area contributed by atoms with Gasteiger partial charge < -0.3 is 13.7 Å². The molecule has 148 valence electrons. The van der Waals surface area contributed by atoms with Gasteiger partial charge in [-0.1, -0.05) is 60.7 Å². The highest BCUT2D eigenvalue weighted by atomic mass is 16.7. The summed E-state index contributed by atoms with van der Waals surface area (Å²) in [6, 6.07) is 23.2. The third kappa shape index (κ3) is 2.29. The van der Waals surface area contributed by atoms with Crippen molar-refractivity contribution in [3.63, 3.8) is 0 Å². The van der Waals surface area contributed by atoms with Crippen molar-refractivity contribution in [2.45, 2.75) is 38.9 Å². The molecule has 0 radical (unpaired) electrons. The summed E-state index contributed by atoms with van der Waals surface area (Å²) < 4.78 is 19.3. The molecule has 1 saturated heterocycles. The molecule has 4 aromatic carbocycles. The van der Waals surface area contributed by atoms with E-state index >= 15 is 0 Å². The minimum absolute atomic E-state index is 0.395. The van der Waals surface area contributed by atoms with Crippen LogP contribution in [0.4, 0.5) is 0 Å². The molecule has 0 spiro atoms. The molecule has 0 amide bonds. The Morgan fingerprint density at radius 2 is 1.17 bits per heavy atom. The second-order valence-electron chi connectivity index (χ2n) is 9.21. The Kier molecular flexibility index (Phi) is 3.52. The Balaban J connectivity index is 1.76. The van der Waals surface area contributed by atoms with Crippen LogP contribution in [0.5, 0.6) is 0 Å². The smallest absolute Gasteiger partial charge is 0.455 e. The van der Waals surface area contributed by atoms with E-state index in [1.54, 1.807) is 0 Å². The quantitative estimate of drug-likeness (QED) is 0.251. The van der Waals surface area contributed by atoms with Gasteiger partial charge in [-0.3, -0.25) is 0 Å². The average molecular weight is 394 g/mol. The van der Waals surface area contributed by atoms with Crippen LogP contribution in [0.15, 0.2) is 71.1 Å². The molecule has 0 aliphatic carbocycles. The van der Waals surface area contributed by atoms with Gasteiger partial charge in [-0.25, -0.2) is 0 Å². The molecule has 0 N–H and O–H groups in total. The van der Waals surface area contributed by atoms with Crippen LogP contribution in [-0.2, 0) is 9.31 Å². The Labute approximate surface area is 175 Å². The van der Waals surface area contributed by atoms with Crippen LogP contribution in [0.2, 0.25) is 0 Å². The molecular weight excluding hydrogens is 371 g/mol. The van der Waals surface area contributed by atoms with Gasteiger partial charge in [0.1, 0.15) is 11.2 Å². The van der Waals surface area contributed by atoms with Gasteiger partial charge in [-0.15, -0.1) is 0 Å². The molecule has 0 atom stereocenters. The third-order valence-electron chi connectivity index (χ3n) is 6.91. The first-order valence-corrected chi connectivity index (χ1v) is 10.5. The summed E-state index contributed by atoms with van der Waals surface area (Å²) in [4.78, 5) is 0. The number of hydrogen-bond donors (Lipinski definition) is 0. The SMILES string of the molecule is CC1(C)OB(c2cccc3oc4c5ccccc5c5ccccc5c4c23)OC1(C)C. The lowest BCUT2D eigenvalue weighted by Gasteiger charge is -2.32. The van der Waals surface area contributed by atoms with Crippen LogP contribution >= 0.6 is 0 Å². The van der Waals surface area contributed by atoms with Crippen molar-refractivity contribution < 1.29 is 13.7 Å². The van der Waals surface area contributed by atoms with Crippen molar-refractivity contribution >= 4 is 56.1 Å². The van der Waals surface area contributed by atoms with E-state index in [1.165, 1.54) is 16.2 Å². The van der Waals surface area contributed by atoms with E-state index in [-0.39, 0.29) is 0 Å². The second kappa shape index (κ2) is 5.87. The maximum Gasteiger partial charge on any atom is 0.495 e. The van der Waals surface area contributed by atoms with Gasteiger partial charge in [-0.2, -0.15) is 0 Å². The van der Waals surface area contributed by atoms with E-state index in [0.29, 0.717) is 0 Å². The fraction of sp³-hybridized carbons (Fsp3) is 0.231. The van der Waals surface area contributed by atoms with E-state index < -0.39 is 18.3 Å². The lowest BCUT2D eigenvalue weighted by Crippen LogP contribution is -2.41. The minimum atomic E-state index is -0.440. The Morgan fingerprint density at radius 1 is 0.600 bits per heavy atom. The molecule has 2 heterocycles. The molecule has 4 heteroatoms. The molecule has 1 aliphatic heterocycles. The molecule has 30 heavy (non-hydrogen) atoms. The molecule has 6 rings (SSSR count). The van der Waals surface area contributed by atoms with Crippen molar-refractivity contribution in [1.29, 1.82) is 0 Å². The van der Waals surface area contributed by atoms with Gasteiger partial charge in [-0.05, 0) is 55.4 Å². The first kappa shape index (κ1) is 18.0. The zero-order chi connectivity index (χ0) is 20.7. The Morgan fingerprint density at radius 3 is 1.83 bits per heavy atom. The fourth-order valence-corrected chi connectivity index (χ4v) is 4.64. The number of hydrogen-bond acceptors (Lipinski definition) is 3. The highest BCUT2D eigenvalue weighted by Crippen LogP contribution is 2.42. The summed E-state index contributed by atoms with van der Waals surface area (Å²) in [5.74, 6) is 0. The summed E-state index contributed by atoms with van der Waals surface area (Å²) in [6.07, 6.45) is 0. The Hall–Kier alpha value is -2.82. The highest BCUT2D eigenvalue weighted by molar-refractivity contribution is 6.66. The second-order valence-corrected chi connectivity index (χ2v) is 9.21. The first-order chi connectivity index (χ1) is 14.4. The maximum atomic E-state index is 6.47. The lowest BCUT2D eigenvalue weighted by atomic mass is 9.76. The van der Waals surface area contributed by atoms with Gasteiger partial charge in [0.25, 0.3) is 0 Å². The van der Waals surface area contributed by atoms with E-state index in [2.05, 4.69) is 82.3 Å². The fourth-order valence-electron chi connectivity index (χ4n) is 4.64. The third-order valence-corrected chi connectivity index (χ3v) is 6.91. The zero-order valence-electron chi connectivity index (χ0n) is 17.7.